The second-order valence-electron chi connectivity index (χ2n) is 7.62. The zero-order chi connectivity index (χ0) is 22.7. The van der Waals surface area contributed by atoms with Crippen molar-refractivity contribution in [1.29, 1.82) is 0 Å². The minimum atomic E-state index is -0.296. The van der Waals surface area contributed by atoms with Crippen LogP contribution < -0.4 is 19.7 Å². The molecule has 0 aliphatic carbocycles. The van der Waals surface area contributed by atoms with Crippen LogP contribution in [0.3, 0.4) is 0 Å². The van der Waals surface area contributed by atoms with Crippen molar-refractivity contribution < 1.29 is 19.1 Å². The first-order chi connectivity index (χ1) is 15.4. The molecule has 1 N–H and O–H groups in total. The van der Waals surface area contributed by atoms with Gasteiger partial charge in [-0.05, 0) is 66.9 Å². The predicted molar refractivity (Wildman–Crippen MR) is 125 cm³/mol. The molecule has 1 aliphatic heterocycles. The highest BCUT2D eigenvalue weighted by Gasteiger charge is 2.26. The van der Waals surface area contributed by atoms with E-state index in [0.29, 0.717) is 34.4 Å². The second kappa shape index (κ2) is 9.32. The van der Waals surface area contributed by atoms with Gasteiger partial charge in [0.05, 0.1) is 12.2 Å². The number of amides is 2. The number of nitrogens with one attached hydrogen (secondary N) is 1. The van der Waals surface area contributed by atoms with Gasteiger partial charge in [0.1, 0.15) is 11.5 Å². The van der Waals surface area contributed by atoms with E-state index in [1.54, 1.807) is 29.2 Å². The van der Waals surface area contributed by atoms with Crippen molar-refractivity contribution in [3.8, 4) is 11.5 Å². The van der Waals surface area contributed by atoms with Crippen molar-refractivity contribution in [2.75, 3.05) is 23.4 Å². The number of nitrogens with zero attached hydrogens (tertiary/aromatic N) is 1. The molecule has 1 aliphatic rings. The largest absolute Gasteiger partial charge is 0.483 e. The van der Waals surface area contributed by atoms with Crippen LogP contribution in [0.1, 0.15) is 16.7 Å². The van der Waals surface area contributed by atoms with E-state index in [9.17, 15) is 9.59 Å². The maximum absolute atomic E-state index is 12.6. The van der Waals surface area contributed by atoms with Crippen LogP contribution in [0.2, 0.25) is 5.02 Å². The molecule has 6 nitrogen and oxygen atoms in total. The van der Waals surface area contributed by atoms with Crippen LogP contribution in [0.5, 0.6) is 11.5 Å². The SMILES string of the molecule is Cc1cccc(OCC(=O)Nc2ccc3c(c2)N(Cc2cccc(Cl)c2)C(=O)CO3)c1C. The fraction of sp³-hybridized carbons (Fsp3) is 0.200. The number of benzene rings is 3. The monoisotopic (exact) mass is 450 g/mol. The Morgan fingerprint density at radius 3 is 2.75 bits per heavy atom. The highest BCUT2D eigenvalue weighted by molar-refractivity contribution is 6.30. The Bertz CT molecular complexity index is 1180. The van der Waals surface area contributed by atoms with Crippen molar-refractivity contribution in [3.63, 3.8) is 0 Å². The Kier molecular flexibility index (Phi) is 6.32. The molecule has 0 atom stereocenters. The second-order valence-corrected chi connectivity index (χ2v) is 8.05. The summed E-state index contributed by atoms with van der Waals surface area (Å²) in [4.78, 5) is 26.7. The van der Waals surface area contributed by atoms with E-state index in [0.717, 1.165) is 16.7 Å². The Balaban J connectivity index is 1.48. The number of hydrogen-bond acceptors (Lipinski definition) is 4. The minimum Gasteiger partial charge on any atom is -0.483 e. The number of halogens is 1. The van der Waals surface area contributed by atoms with Gasteiger partial charge in [0, 0.05) is 10.7 Å². The molecule has 1 heterocycles. The highest BCUT2D eigenvalue weighted by Crippen LogP contribution is 2.35. The van der Waals surface area contributed by atoms with Crippen molar-refractivity contribution >= 4 is 34.8 Å². The molecule has 0 bridgehead atoms. The molecule has 0 radical (unpaired) electrons. The van der Waals surface area contributed by atoms with Gasteiger partial charge in [-0.3, -0.25) is 9.59 Å². The minimum absolute atomic E-state index is 0.0387. The summed E-state index contributed by atoms with van der Waals surface area (Å²) in [5, 5.41) is 3.43. The van der Waals surface area contributed by atoms with Crippen LogP contribution in [0.25, 0.3) is 0 Å². The van der Waals surface area contributed by atoms with Gasteiger partial charge in [-0.25, -0.2) is 0 Å². The zero-order valence-electron chi connectivity index (χ0n) is 17.9. The summed E-state index contributed by atoms with van der Waals surface area (Å²) < 4.78 is 11.2. The van der Waals surface area contributed by atoms with Gasteiger partial charge in [0.2, 0.25) is 0 Å². The van der Waals surface area contributed by atoms with Gasteiger partial charge >= 0.3 is 0 Å². The summed E-state index contributed by atoms with van der Waals surface area (Å²) >= 11 is 6.09. The van der Waals surface area contributed by atoms with Gasteiger partial charge in [0.25, 0.3) is 11.8 Å². The van der Waals surface area contributed by atoms with Crippen molar-refractivity contribution in [1.82, 2.24) is 0 Å². The highest BCUT2D eigenvalue weighted by atomic mass is 35.5. The topological polar surface area (TPSA) is 67.9 Å². The third-order valence-corrected chi connectivity index (χ3v) is 5.56. The molecule has 7 heteroatoms. The summed E-state index contributed by atoms with van der Waals surface area (Å²) in [6.45, 7) is 4.14. The molecular formula is C25H23ClN2O4. The predicted octanol–water partition coefficient (Wildman–Crippen LogP) is 4.90. The first kappa shape index (κ1) is 21.7. The third-order valence-electron chi connectivity index (χ3n) is 5.33. The van der Waals surface area contributed by atoms with Crippen molar-refractivity contribution in [2.24, 2.45) is 0 Å². The van der Waals surface area contributed by atoms with Crippen LogP contribution >= 0.6 is 11.6 Å². The molecule has 4 rings (SSSR count). The Hall–Kier alpha value is -3.51. The van der Waals surface area contributed by atoms with Gasteiger partial charge in [-0.1, -0.05) is 35.9 Å². The molecule has 32 heavy (non-hydrogen) atoms. The molecule has 164 valence electrons. The van der Waals surface area contributed by atoms with Crippen molar-refractivity contribution in [2.45, 2.75) is 20.4 Å². The van der Waals surface area contributed by atoms with Gasteiger partial charge < -0.3 is 19.7 Å². The Morgan fingerprint density at radius 1 is 1.12 bits per heavy atom. The van der Waals surface area contributed by atoms with E-state index in [-0.39, 0.29) is 25.0 Å². The standard InChI is InChI=1S/C25H23ClN2O4/c1-16-5-3-8-22(17(16)2)31-14-24(29)27-20-9-10-23-21(12-20)28(25(30)15-32-23)13-18-6-4-7-19(26)11-18/h3-12H,13-15H2,1-2H3,(H,27,29). The zero-order valence-corrected chi connectivity index (χ0v) is 18.6. The fourth-order valence-corrected chi connectivity index (χ4v) is 3.70. The number of hydrogen-bond donors (Lipinski definition) is 1. The lowest BCUT2D eigenvalue weighted by Gasteiger charge is -2.30. The van der Waals surface area contributed by atoms with Crippen LogP contribution in [0.15, 0.2) is 60.7 Å². The smallest absolute Gasteiger partial charge is 0.265 e. The first-order valence-corrected chi connectivity index (χ1v) is 10.6. The number of aryl methyl sites for hydroxylation is 1. The summed E-state index contributed by atoms with van der Waals surface area (Å²) in [5.41, 5.74) is 4.14. The van der Waals surface area contributed by atoms with E-state index >= 15 is 0 Å². The van der Waals surface area contributed by atoms with Crippen LogP contribution in [-0.4, -0.2) is 25.0 Å². The van der Waals surface area contributed by atoms with Gasteiger partial charge in [-0.15, -0.1) is 0 Å². The maximum Gasteiger partial charge on any atom is 0.265 e. The lowest BCUT2D eigenvalue weighted by molar-refractivity contribution is -0.121. The molecule has 2 amide bonds. The number of anilines is 2. The molecule has 0 saturated heterocycles. The number of carbonyl (C=O) groups is 2. The average Bonchev–Trinajstić information content (AvgIpc) is 2.77. The molecule has 3 aromatic carbocycles. The quantitative estimate of drug-likeness (QED) is 0.580. The van der Waals surface area contributed by atoms with Crippen LogP contribution in [0.4, 0.5) is 11.4 Å². The molecule has 0 spiro atoms. The third kappa shape index (κ3) is 4.86. The molecule has 3 aromatic rings. The Morgan fingerprint density at radius 2 is 1.94 bits per heavy atom. The molecule has 0 unspecified atom stereocenters. The van der Waals surface area contributed by atoms with E-state index < -0.39 is 0 Å². The molecule has 0 fully saturated rings. The van der Waals surface area contributed by atoms with Crippen molar-refractivity contribution in [3.05, 3.63) is 82.4 Å². The maximum atomic E-state index is 12.6. The lowest BCUT2D eigenvalue weighted by Crippen LogP contribution is -2.38. The van der Waals surface area contributed by atoms with Gasteiger partial charge in [-0.2, -0.15) is 0 Å². The van der Waals surface area contributed by atoms with Crippen LogP contribution in [-0.2, 0) is 16.1 Å². The number of fused-ring (bicyclic) bond motifs is 1. The molecule has 0 saturated carbocycles. The summed E-state index contributed by atoms with van der Waals surface area (Å²) in [7, 11) is 0. The molecule has 0 aromatic heterocycles. The molecular weight excluding hydrogens is 428 g/mol. The van der Waals surface area contributed by atoms with E-state index in [1.165, 1.54) is 0 Å². The summed E-state index contributed by atoms with van der Waals surface area (Å²) in [5.74, 6) is 0.794. The number of carbonyl (C=O) groups excluding carboxylic acids is 2. The van der Waals surface area contributed by atoms with E-state index in [1.807, 2.05) is 50.2 Å². The van der Waals surface area contributed by atoms with E-state index in [2.05, 4.69) is 5.32 Å². The average molecular weight is 451 g/mol. The van der Waals surface area contributed by atoms with Gasteiger partial charge in [0.15, 0.2) is 13.2 Å². The summed E-state index contributed by atoms with van der Waals surface area (Å²) in [6.07, 6.45) is 0. The number of ether oxygens (including phenoxy) is 2. The fourth-order valence-electron chi connectivity index (χ4n) is 3.49. The Labute approximate surface area is 191 Å². The summed E-state index contributed by atoms with van der Waals surface area (Å²) in [6, 6.07) is 18.3. The first-order valence-electron chi connectivity index (χ1n) is 10.2. The normalized spacial score (nSPS) is 12.7. The lowest BCUT2D eigenvalue weighted by atomic mass is 10.1. The van der Waals surface area contributed by atoms with Crippen LogP contribution in [0, 0.1) is 13.8 Å². The number of rotatable bonds is 6. The van der Waals surface area contributed by atoms with E-state index in [4.69, 9.17) is 21.1 Å².